The Morgan fingerprint density at radius 1 is 1.41 bits per heavy atom. The van der Waals surface area contributed by atoms with Crippen LogP contribution in [0.4, 0.5) is 11.4 Å². The minimum atomic E-state index is -0.542. The van der Waals surface area contributed by atoms with E-state index in [9.17, 15) is 14.9 Å². The molecule has 22 heavy (non-hydrogen) atoms. The van der Waals surface area contributed by atoms with E-state index in [-0.39, 0.29) is 35.6 Å². The predicted molar refractivity (Wildman–Crippen MR) is 78.1 cm³/mol. The molecule has 0 aliphatic rings. The smallest absolute Gasteiger partial charge is 0.290 e. The maximum absolute atomic E-state index is 11.9. The van der Waals surface area contributed by atoms with E-state index in [0.29, 0.717) is 5.69 Å². The number of hydrogen-bond donors (Lipinski definition) is 1. The van der Waals surface area contributed by atoms with Gasteiger partial charge in [0.1, 0.15) is 0 Å². The molecular formula is C14H13Cl2N3O3. The van der Waals surface area contributed by atoms with Crippen LogP contribution in [0.2, 0.25) is 5.02 Å². The highest BCUT2D eigenvalue weighted by molar-refractivity contribution is 6.33. The largest absolute Gasteiger partial charge is 1.00 e. The molecule has 0 fully saturated rings. The lowest BCUT2D eigenvalue weighted by atomic mass is 10.2. The van der Waals surface area contributed by atoms with Gasteiger partial charge in [0.15, 0.2) is 12.4 Å². The van der Waals surface area contributed by atoms with Crippen LogP contribution in [0.15, 0.2) is 42.7 Å². The molecule has 0 unspecified atom stereocenters. The van der Waals surface area contributed by atoms with Gasteiger partial charge in [0.05, 0.1) is 15.6 Å². The van der Waals surface area contributed by atoms with Crippen LogP contribution in [0.25, 0.3) is 0 Å². The SMILES string of the molecule is Cc1ccc[n+](CC(=O)Nc2ccc([N+](=O)[O-])cc2Cl)c1.[Cl-]. The minimum Gasteiger partial charge on any atom is -1.00 e. The van der Waals surface area contributed by atoms with Crippen LogP contribution < -0.4 is 22.3 Å². The van der Waals surface area contributed by atoms with Crippen molar-refractivity contribution in [3.63, 3.8) is 0 Å². The number of nitro groups is 1. The first-order valence-corrected chi connectivity index (χ1v) is 6.53. The molecule has 0 radical (unpaired) electrons. The number of aryl methyl sites for hydroxylation is 1. The van der Waals surface area contributed by atoms with Crippen molar-refractivity contribution in [2.24, 2.45) is 0 Å². The lowest BCUT2D eigenvalue weighted by molar-refractivity contribution is -0.684. The second-order valence-electron chi connectivity index (χ2n) is 4.52. The fourth-order valence-electron chi connectivity index (χ4n) is 1.83. The van der Waals surface area contributed by atoms with Gasteiger partial charge >= 0.3 is 0 Å². The van der Waals surface area contributed by atoms with Gasteiger partial charge in [0.25, 0.3) is 11.6 Å². The first kappa shape index (κ1) is 17.9. The molecule has 0 atom stereocenters. The number of benzene rings is 1. The molecule has 1 heterocycles. The first-order chi connectivity index (χ1) is 9.95. The van der Waals surface area contributed by atoms with E-state index >= 15 is 0 Å². The molecule has 0 aliphatic carbocycles. The van der Waals surface area contributed by atoms with Gasteiger partial charge in [-0.25, -0.2) is 0 Å². The van der Waals surface area contributed by atoms with Crippen LogP contribution in [0.1, 0.15) is 5.56 Å². The molecule has 1 aromatic heterocycles. The van der Waals surface area contributed by atoms with Gasteiger partial charge in [-0.3, -0.25) is 14.9 Å². The van der Waals surface area contributed by atoms with Gasteiger partial charge < -0.3 is 17.7 Å². The molecule has 0 saturated heterocycles. The van der Waals surface area contributed by atoms with E-state index in [4.69, 9.17) is 11.6 Å². The van der Waals surface area contributed by atoms with Crippen LogP contribution in [0.3, 0.4) is 0 Å². The molecule has 2 aromatic rings. The summed E-state index contributed by atoms with van der Waals surface area (Å²) in [6.07, 6.45) is 3.63. The number of non-ortho nitro benzene ring substituents is 1. The van der Waals surface area contributed by atoms with Gasteiger partial charge in [-0.05, 0) is 19.1 Å². The highest BCUT2D eigenvalue weighted by Crippen LogP contribution is 2.26. The number of nitro benzene ring substituents is 1. The Labute approximate surface area is 138 Å². The van der Waals surface area contributed by atoms with Crippen molar-refractivity contribution in [1.29, 1.82) is 0 Å². The van der Waals surface area contributed by atoms with Crippen LogP contribution >= 0.6 is 11.6 Å². The van der Waals surface area contributed by atoms with Crippen LogP contribution in [0, 0.1) is 17.0 Å². The van der Waals surface area contributed by atoms with E-state index in [0.717, 1.165) is 5.56 Å². The summed E-state index contributed by atoms with van der Waals surface area (Å²) in [6, 6.07) is 7.70. The second kappa shape index (κ2) is 7.72. The number of halogens is 2. The zero-order chi connectivity index (χ0) is 15.4. The molecule has 1 amide bonds. The second-order valence-corrected chi connectivity index (χ2v) is 4.93. The standard InChI is InChI=1S/C14H12ClN3O3.ClH/c1-10-3-2-6-17(8-10)9-14(19)16-13-5-4-11(18(20)21)7-12(13)15;/h2-8H,9H2,1H3;1H. The third kappa shape index (κ3) is 4.68. The number of amides is 1. The number of nitrogens with one attached hydrogen (secondary N) is 1. The van der Waals surface area contributed by atoms with Crippen molar-refractivity contribution < 1.29 is 26.7 Å². The number of rotatable bonds is 4. The third-order valence-electron chi connectivity index (χ3n) is 2.77. The number of hydrogen-bond acceptors (Lipinski definition) is 3. The predicted octanol–water partition coefficient (Wildman–Crippen LogP) is -0.513. The number of anilines is 1. The molecule has 0 aliphatic heterocycles. The highest BCUT2D eigenvalue weighted by atomic mass is 35.5. The monoisotopic (exact) mass is 341 g/mol. The molecule has 0 spiro atoms. The Kier molecular flexibility index (Phi) is 6.27. The van der Waals surface area contributed by atoms with Gasteiger partial charge in [-0.15, -0.1) is 0 Å². The zero-order valence-corrected chi connectivity index (χ0v) is 13.1. The van der Waals surface area contributed by atoms with Crippen molar-refractivity contribution in [3.8, 4) is 0 Å². The number of nitrogens with zero attached hydrogens (tertiary/aromatic N) is 2. The normalized spacial score (nSPS) is 9.73. The molecule has 116 valence electrons. The van der Waals surface area contributed by atoms with Crippen molar-refractivity contribution in [2.75, 3.05) is 5.32 Å². The molecule has 0 saturated carbocycles. The molecule has 1 aromatic carbocycles. The zero-order valence-electron chi connectivity index (χ0n) is 11.6. The average Bonchev–Trinajstić information content (AvgIpc) is 2.40. The summed E-state index contributed by atoms with van der Waals surface area (Å²) in [5.74, 6) is -0.263. The van der Waals surface area contributed by atoms with Crippen molar-refractivity contribution in [1.82, 2.24) is 0 Å². The highest BCUT2D eigenvalue weighted by Gasteiger charge is 2.14. The summed E-state index contributed by atoms with van der Waals surface area (Å²) >= 11 is 5.92. The molecule has 1 N–H and O–H groups in total. The van der Waals surface area contributed by atoms with Gasteiger partial charge in [0.2, 0.25) is 6.54 Å². The Balaban J connectivity index is 0.00000242. The minimum absolute atomic E-state index is 0. The summed E-state index contributed by atoms with van der Waals surface area (Å²) in [5, 5.41) is 13.4. The molecular weight excluding hydrogens is 329 g/mol. The van der Waals surface area contributed by atoms with E-state index in [2.05, 4.69) is 5.32 Å². The van der Waals surface area contributed by atoms with Crippen LogP contribution in [-0.2, 0) is 11.3 Å². The number of carbonyl (C=O) groups is 1. The van der Waals surface area contributed by atoms with E-state index in [1.165, 1.54) is 18.2 Å². The fourth-order valence-corrected chi connectivity index (χ4v) is 2.05. The van der Waals surface area contributed by atoms with Crippen molar-refractivity contribution in [3.05, 3.63) is 63.4 Å². The van der Waals surface area contributed by atoms with E-state index < -0.39 is 4.92 Å². The lowest BCUT2D eigenvalue weighted by Crippen LogP contribution is -3.00. The Morgan fingerprint density at radius 3 is 2.73 bits per heavy atom. The van der Waals surface area contributed by atoms with Crippen molar-refractivity contribution >= 4 is 28.9 Å². The van der Waals surface area contributed by atoms with E-state index in [1.54, 1.807) is 10.8 Å². The van der Waals surface area contributed by atoms with E-state index in [1.807, 2.05) is 25.3 Å². The summed E-state index contributed by atoms with van der Waals surface area (Å²) in [6.45, 7) is 2.07. The summed E-state index contributed by atoms with van der Waals surface area (Å²) in [5.41, 5.74) is 1.27. The third-order valence-corrected chi connectivity index (χ3v) is 3.08. The van der Waals surface area contributed by atoms with Crippen molar-refractivity contribution in [2.45, 2.75) is 13.5 Å². The Bertz CT molecular complexity index is 707. The fraction of sp³-hybridized carbons (Fsp3) is 0.143. The maximum atomic E-state index is 11.9. The van der Waals surface area contributed by atoms with Crippen LogP contribution in [0.5, 0.6) is 0 Å². The molecule has 0 bridgehead atoms. The molecule has 2 rings (SSSR count). The Morgan fingerprint density at radius 2 is 2.14 bits per heavy atom. The maximum Gasteiger partial charge on any atom is 0.290 e. The molecule has 8 heteroatoms. The quantitative estimate of drug-likeness (QED) is 0.462. The topological polar surface area (TPSA) is 76.1 Å². The number of carbonyl (C=O) groups excluding carboxylic acids is 1. The number of aromatic nitrogens is 1. The number of pyridine rings is 1. The summed E-state index contributed by atoms with van der Waals surface area (Å²) in [7, 11) is 0. The summed E-state index contributed by atoms with van der Waals surface area (Å²) < 4.78 is 1.74. The Hall–Kier alpha value is -2.18. The van der Waals surface area contributed by atoms with Gasteiger partial charge in [-0.1, -0.05) is 11.6 Å². The van der Waals surface area contributed by atoms with Gasteiger partial charge in [0, 0.05) is 23.8 Å². The first-order valence-electron chi connectivity index (χ1n) is 6.15. The average molecular weight is 342 g/mol. The summed E-state index contributed by atoms with van der Waals surface area (Å²) in [4.78, 5) is 22.0. The molecule has 6 nitrogen and oxygen atoms in total. The lowest BCUT2D eigenvalue weighted by Gasteiger charge is -2.05. The van der Waals surface area contributed by atoms with Crippen LogP contribution in [-0.4, -0.2) is 10.8 Å². The van der Waals surface area contributed by atoms with Gasteiger partial charge in [-0.2, -0.15) is 4.57 Å².